The molecule has 78 valence electrons. The van der Waals surface area contributed by atoms with Crippen molar-refractivity contribution in [2.75, 3.05) is 0 Å². The summed E-state index contributed by atoms with van der Waals surface area (Å²) < 4.78 is 0. The van der Waals surface area contributed by atoms with Crippen LogP contribution in [-0.4, -0.2) is 4.98 Å². The number of thiazole rings is 1. The molecule has 0 spiro atoms. The largest absolute Gasteiger partial charge is 0.325 e. The van der Waals surface area contributed by atoms with E-state index in [2.05, 4.69) is 4.98 Å². The second-order valence-electron chi connectivity index (χ2n) is 3.21. The summed E-state index contributed by atoms with van der Waals surface area (Å²) in [6.07, 6.45) is 0. The SMILES string of the molecule is Cc1sc(-c2ccccc2Cl)nc1CN. The Morgan fingerprint density at radius 1 is 1.40 bits per heavy atom. The van der Waals surface area contributed by atoms with Crippen molar-refractivity contribution in [3.63, 3.8) is 0 Å². The van der Waals surface area contributed by atoms with Crippen LogP contribution in [0.2, 0.25) is 5.02 Å². The quantitative estimate of drug-likeness (QED) is 0.873. The summed E-state index contributed by atoms with van der Waals surface area (Å²) in [7, 11) is 0. The van der Waals surface area contributed by atoms with Gasteiger partial charge in [0.2, 0.25) is 0 Å². The fourth-order valence-electron chi connectivity index (χ4n) is 1.37. The first kappa shape index (κ1) is 10.6. The van der Waals surface area contributed by atoms with Gasteiger partial charge in [0, 0.05) is 17.0 Å². The Balaban J connectivity index is 2.50. The standard InChI is InChI=1S/C11H11ClN2S/c1-7-10(6-13)14-11(15-7)8-4-2-3-5-9(8)12/h2-5H,6,13H2,1H3. The van der Waals surface area contributed by atoms with Gasteiger partial charge in [-0.15, -0.1) is 11.3 Å². The van der Waals surface area contributed by atoms with Crippen LogP contribution in [-0.2, 0) is 6.54 Å². The summed E-state index contributed by atoms with van der Waals surface area (Å²) in [4.78, 5) is 5.63. The fourth-order valence-corrected chi connectivity index (χ4v) is 2.63. The molecule has 0 aliphatic heterocycles. The van der Waals surface area contributed by atoms with E-state index in [0.717, 1.165) is 26.2 Å². The maximum absolute atomic E-state index is 6.10. The molecule has 0 bridgehead atoms. The van der Waals surface area contributed by atoms with E-state index in [0.29, 0.717) is 6.54 Å². The number of nitrogens with two attached hydrogens (primary N) is 1. The van der Waals surface area contributed by atoms with Crippen LogP contribution < -0.4 is 5.73 Å². The second kappa shape index (κ2) is 4.31. The zero-order valence-corrected chi connectivity index (χ0v) is 9.90. The summed E-state index contributed by atoms with van der Waals surface area (Å²) in [5.41, 5.74) is 7.52. The first-order valence-corrected chi connectivity index (χ1v) is 5.83. The number of rotatable bonds is 2. The predicted molar refractivity (Wildman–Crippen MR) is 65.2 cm³/mol. The molecular weight excluding hydrogens is 228 g/mol. The normalized spacial score (nSPS) is 10.6. The highest BCUT2D eigenvalue weighted by molar-refractivity contribution is 7.15. The minimum Gasteiger partial charge on any atom is -0.325 e. The number of benzene rings is 1. The third kappa shape index (κ3) is 2.04. The fraction of sp³-hybridized carbons (Fsp3) is 0.182. The van der Waals surface area contributed by atoms with Gasteiger partial charge in [-0.25, -0.2) is 4.98 Å². The van der Waals surface area contributed by atoms with Crippen LogP contribution in [0, 0.1) is 6.92 Å². The molecule has 2 rings (SSSR count). The van der Waals surface area contributed by atoms with Crippen molar-refractivity contribution in [2.24, 2.45) is 5.73 Å². The third-order valence-corrected chi connectivity index (χ3v) is 3.57. The van der Waals surface area contributed by atoms with Crippen LogP contribution in [0.15, 0.2) is 24.3 Å². The van der Waals surface area contributed by atoms with Crippen molar-refractivity contribution in [1.82, 2.24) is 4.98 Å². The molecule has 2 aromatic rings. The minimum atomic E-state index is 0.479. The van der Waals surface area contributed by atoms with E-state index in [1.54, 1.807) is 11.3 Å². The first-order valence-electron chi connectivity index (χ1n) is 4.63. The molecule has 1 aromatic heterocycles. The summed E-state index contributed by atoms with van der Waals surface area (Å²) in [6, 6.07) is 7.72. The van der Waals surface area contributed by atoms with Gasteiger partial charge in [-0.05, 0) is 13.0 Å². The lowest BCUT2D eigenvalue weighted by Gasteiger charge is -1.97. The first-order chi connectivity index (χ1) is 7.22. The molecule has 0 atom stereocenters. The maximum Gasteiger partial charge on any atom is 0.125 e. The highest BCUT2D eigenvalue weighted by Gasteiger charge is 2.10. The molecular formula is C11H11ClN2S. The highest BCUT2D eigenvalue weighted by atomic mass is 35.5. The van der Waals surface area contributed by atoms with E-state index >= 15 is 0 Å². The second-order valence-corrected chi connectivity index (χ2v) is 4.82. The third-order valence-electron chi connectivity index (χ3n) is 2.19. The van der Waals surface area contributed by atoms with E-state index < -0.39 is 0 Å². The number of halogens is 1. The molecule has 0 fully saturated rings. The molecule has 1 aromatic carbocycles. The number of hydrogen-bond acceptors (Lipinski definition) is 3. The summed E-state index contributed by atoms with van der Waals surface area (Å²) >= 11 is 7.73. The minimum absolute atomic E-state index is 0.479. The van der Waals surface area contributed by atoms with Crippen LogP contribution in [0.25, 0.3) is 10.6 Å². The van der Waals surface area contributed by atoms with Gasteiger partial charge in [0.15, 0.2) is 0 Å². The lowest BCUT2D eigenvalue weighted by Crippen LogP contribution is -1.97. The van der Waals surface area contributed by atoms with Gasteiger partial charge in [0.1, 0.15) is 5.01 Å². The van der Waals surface area contributed by atoms with Crippen molar-refractivity contribution in [1.29, 1.82) is 0 Å². The van der Waals surface area contributed by atoms with Gasteiger partial charge in [0.05, 0.1) is 10.7 Å². The molecule has 4 heteroatoms. The van der Waals surface area contributed by atoms with E-state index in [1.807, 2.05) is 31.2 Å². The summed E-state index contributed by atoms with van der Waals surface area (Å²) in [5, 5.41) is 1.67. The van der Waals surface area contributed by atoms with Crippen molar-refractivity contribution in [3.8, 4) is 10.6 Å². The van der Waals surface area contributed by atoms with Gasteiger partial charge < -0.3 is 5.73 Å². The Hall–Kier alpha value is -0.900. The van der Waals surface area contributed by atoms with Crippen molar-refractivity contribution < 1.29 is 0 Å². The van der Waals surface area contributed by atoms with Crippen LogP contribution in [0.4, 0.5) is 0 Å². The number of aromatic nitrogens is 1. The topological polar surface area (TPSA) is 38.9 Å². The van der Waals surface area contributed by atoms with E-state index in [1.165, 1.54) is 0 Å². The maximum atomic E-state index is 6.10. The Labute approximate surface area is 97.7 Å². The van der Waals surface area contributed by atoms with Gasteiger partial charge in [-0.3, -0.25) is 0 Å². The monoisotopic (exact) mass is 238 g/mol. The lowest BCUT2D eigenvalue weighted by atomic mass is 10.2. The van der Waals surface area contributed by atoms with E-state index in [-0.39, 0.29) is 0 Å². The Bertz CT molecular complexity index is 479. The van der Waals surface area contributed by atoms with Gasteiger partial charge in [0.25, 0.3) is 0 Å². The molecule has 1 heterocycles. The number of nitrogens with zero attached hydrogens (tertiary/aromatic N) is 1. The molecule has 2 nitrogen and oxygen atoms in total. The predicted octanol–water partition coefficient (Wildman–Crippen LogP) is 3.23. The summed E-state index contributed by atoms with van der Waals surface area (Å²) in [5.74, 6) is 0. The average molecular weight is 239 g/mol. The number of hydrogen-bond donors (Lipinski definition) is 1. The van der Waals surface area contributed by atoms with Crippen LogP contribution in [0.1, 0.15) is 10.6 Å². The van der Waals surface area contributed by atoms with Crippen molar-refractivity contribution in [2.45, 2.75) is 13.5 Å². The van der Waals surface area contributed by atoms with Crippen molar-refractivity contribution >= 4 is 22.9 Å². The Morgan fingerprint density at radius 2 is 2.13 bits per heavy atom. The smallest absolute Gasteiger partial charge is 0.125 e. The van der Waals surface area contributed by atoms with E-state index in [9.17, 15) is 0 Å². The molecule has 0 saturated carbocycles. The van der Waals surface area contributed by atoms with Crippen molar-refractivity contribution in [3.05, 3.63) is 39.9 Å². The molecule has 2 N–H and O–H groups in total. The molecule has 0 unspecified atom stereocenters. The van der Waals surface area contributed by atoms with E-state index in [4.69, 9.17) is 17.3 Å². The molecule has 0 amide bonds. The molecule has 0 aliphatic carbocycles. The average Bonchev–Trinajstić information content (AvgIpc) is 2.60. The molecule has 15 heavy (non-hydrogen) atoms. The lowest BCUT2D eigenvalue weighted by molar-refractivity contribution is 0.998. The van der Waals surface area contributed by atoms with Gasteiger partial charge in [-0.1, -0.05) is 29.8 Å². The summed E-state index contributed by atoms with van der Waals surface area (Å²) in [6.45, 7) is 2.51. The number of aryl methyl sites for hydroxylation is 1. The van der Waals surface area contributed by atoms with Crippen LogP contribution in [0.5, 0.6) is 0 Å². The molecule has 0 radical (unpaired) electrons. The van der Waals surface area contributed by atoms with Crippen LogP contribution in [0.3, 0.4) is 0 Å². The van der Waals surface area contributed by atoms with Crippen LogP contribution >= 0.6 is 22.9 Å². The Kier molecular flexibility index (Phi) is 3.05. The molecule has 0 aliphatic rings. The zero-order valence-electron chi connectivity index (χ0n) is 8.33. The molecule has 0 saturated heterocycles. The highest BCUT2D eigenvalue weighted by Crippen LogP contribution is 2.32. The Morgan fingerprint density at radius 3 is 2.73 bits per heavy atom. The van der Waals surface area contributed by atoms with Gasteiger partial charge >= 0.3 is 0 Å². The zero-order chi connectivity index (χ0) is 10.8. The van der Waals surface area contributed by atoms with Gasteiger partial charge in [-0.2, -0.15) is 0 Å².